The van der Waals surface area contributed by atoms with Gasteiger partial charge in [0.15, 0.2) is 0 Å². The lowest BCUT2D eigenvalue weighted by atomic mass is 10.0. The average molecular weight is 641 g/mol. The maximum absolute atomic E-state index is 14.7. The Labute approximate surface area is 256 Å². The number of aromatic amines is 1. The average Bonchev–Trinajstić information content (AvgIpc) is 3.17. The summed E-state index contributed by atoms with van der Waals surface area (Å²) in [5.74, 6) is -2.57. The molecule has 4 amide bonds. The normalized spacial score (nSPS) is 14.7. The highest BCUT2D eigenvalue weighted by molar-refractivity contribution is 6.23. The summed E-state index contributed by atoms with van der Waals surface area (Å²) in [5.41, 5.74) is -4.65. The number of carbonyl (C=O) groups is 3. The van der Waals surface area contributed by atoms with Gasteiger partial charge in [0.2, 0.25) is 0 Å². The van der Waals surface area contributed by atoms with Crippen molar-refractivity contribution in [3.8, 4) is 0 Å². The summed E-state index contributed by atoms with van der Waals surface area (Å²) in [7, 11) is 0. The number of benzene rings is 3. The van der Waals surface area contributed by atoms with Crippen LogP contribution in [0, 0.1) is 15.9 Å². The Morgan fingerprint density at radius 3 is 2.41 bits per heavy atom. The van der Waals surface area contributed by atoms with E-state index in [-0.39, 0.29) is 30.6 Å². The molecule has 46 heavy (non-hydrogen) atoms. The highest BCUT2D eigenvalue weighted by Gasteiger charge is 2.52. The van der Waals surface area contributed by atoms with Crippen molar-refractivity contribution in [3.05, 3.63) is 109 Å². The van der Waals surface area contributed by atoms with Gasteiger partial charge >= 0.3 is 12.2 Å². The number of nitrogens with one attached hydrogen (secondary N) is 2. The molecule has 1 fully saturated rings. The molecule has 2 N–H and O–H groups in total. The molecule has 0 saturated carbocycles. The fourth-order valence-electron chi connectivity index (χ4n) is 5.22. The lowest BCUT2D eigenvalue weighted by molar-refractivity contribution is -0.388. The van der Waals surface area contributed by atoms with E-state index in [4.69, 9.17) is 0 Å². The molecule has 2 heterocycles. The van der Waals surface area contributed by atoms with Crippen LogP contribution in [0.25, 0.3) is 10.8 Å². The van der Waals surface area contributed by atoms with E-state index in [9.17, 15) is 46.9 Å². The first-order chi connectivity index (χ1) is 21.6. The monoisotopic (exact) mass is 640 g/mol. The van der Waals surface area contributed by atoms with E-state index in [1.165, 1.54) is 26.0 Å². The minimum atomic E-state index is -5.14. The Morgan fingerprint density at radius 2 is 1.74 bits per heavy atom. The molecule has 238 valence electrons. The largest absolute Gasteiger partial charge is 0.423 e. The third-order valence-corrected chi connectivity index (χ3v) is 7.61. The van der Waals surface area contributed by atoms with Gasteiger partial charge in [0, 0.05) is 31.0 Å². The van der Waals surface area contributed by atoms with Crippen LogP contribution in [-0.4, -0.2) is 56.5 Å². The molecule has 0 bridgehead atoms. The molecule has 3 aromatic carbocycles. The van der Waals surface area contributed by atoms with Crippen molar-refractivity contribution in [2.24, 2.45) is 0 Å². The first-order valence-corrected chi connectivity index (χ1v) is 13.7. The zero-order valence-corrected chi connectivity index (χ0v) is 24.1. The van der Waals surface area contributed by atoms with Crippen LogP contribution in [0.15, 0.2) is 65.5 Å². The third-order valence-electron chi connectivity index (χ3n) is 7.61. The predicted octanol–water partition coefficient (Wildman–Crippen LogP) is 4.56. The number of nitro benzene ring substituents is 1. The van der Waals surface area contributed by atoms with Crippen molar-refractivity contribution in [1.82, 2.24) is 20.4 Å². The number of nitrogens with zero attached hydrogens (tertiary/aromatic N) is 4. The molecular weight excluding hydrogens is 616 g/mol. The van der Waals surface area contributed by atoms with Crippen LogP contribution < -0.4 is 15.8 Å². The topological polar surface area (TPSA) is 159 Å². The Bertz CT molecular complexity index is 1980. The molecule has 0 spiro atoms. The third kappa shape index (κ3) is 5.76. The lowest BCUT2D eigenvalue weighted by Gasteiger charge is -2.27. The highest BCUT2D eigenvalue weighted by atomic mass is 19.4. The Balaban J connectivity index is 1.31. The summed E-state index contributed by atoms with van der Waals surface area (Å²) in [6.45, 7) is 2.15. The van der Waals surface area contributed by atoms with Crippen LogP contribution >= 0.6 is 0 Å². The van der Waals surface area contributed by atoms with Gasteiger partial charge in [-0.25, -0.2) is 19.2 Å². The number of rotatable bonds is 8. The number of halogens is 4. The Hall–Kier alpha value is -5.67. The molecule has 0 aliphatic carbocycles. The molecule has 5 rings (SSSR count). The highest BCUT2D eigenvalue weighted by Crippen LogP contribution is 2.40. The van der Waals surface area contributed by atoms with Gasteiger partial charge in [-0.1, -0.05) is 24.3 Å². The van der Waals surface area contributed by atoms with Crippen LogP contribution in [0.1, 0.15) is 41.0 Å². The number of urea groups is 1. The van der Waals surface area contributed by atoms with Crippen molar-refractivity contribution in [3.63, 3.8) is 0 Å². The molecule has 12 nitrogen and oxygen atoms in total. The lowest BCUT2D eigenvalue weighted by Crippen LogP contribution is -2.47. The van der Waals surface area contributed by atoms with Gasteiger partial charge in [-0.2, -0.15) is 18.3 Å². The molecule has 0 atom stereocenters. The van der Waals surface area contributed by atoms with E-state index in [1.807, 2.05) is 0 Å². The van der Waals surface area contributed by atoms with Crippen molar-refractivity contribution < 1.29 is 36.9 Å². The summed E-state index contributed by atoms with van der Waals surface area (Å²) in [5, 5.41) is 21.1. The number of anilines is 1. The van der Waals surface area contributed by atoms with E-state index < -0.39 is 57.2 Å². The van der Waals surface area contributed by atoms with Crippen molar-refractivity contribution in [1.29, 1.82) is 0 Å². The molecule has 1 saturated heterocycles. The number of hydrogen-bond acceptors (Lipinski definition) is 7. The van der Waals surface area contributed by atoms with Gasteiger partial charge in [0.25, 0.3) is 23.1 Å². The second-order valence-corrected chi connectivity index (χ2v) is 10.9. The molecule has 16 heteroatoms. The van der Waals surface area contributed by atoms with Gasteiger partial charge < -0.3 is 10.2 Å². The first-order valence-electron chi connectivity index (χ1n) is 13.7. The molecule has 4 aromatic rings. The standard InChI is InChI=1S/C30H24F4N6O6/c1-29(2)27(43)39(17-8-10-24(40(45)46)21(15-17)30(32,33)34)28(44)38(29)12-11-35-25(41)20-13-16(7-9-22(20)31)14-23-18-5-3-4-6-19(18)26(42)37-36-23/h3-10,13,15H,11-12,14H2,1-2H3,(H,35,41)(H,37,42). The van der Waals surface area contributed by atoms with E-state index in [1.54, 1.807) is 24.3 Å². The van der Waals surface area contributed by atoms with Crippen molar-refractivity contribution >= 4 is 40.0 Å². The summed E-state index contributed by atoms with van der Waals surface area (Å²) in [4.78, 5) is 62.9. The van der Waals surface area contributed by atoms with E-state index in [0.29, 0.717) is 39.1 Å². The number of alkyl halides is 3. The number of amides is 4. The quantitative estimate of drug-likeness (QED) is 0.124. The molecule has 1 aliphatic rings. The Kier molecular flexibility index (Phi) is 8.06. The summed E-state index contributed by atoms with van der Waals surface area (Å²) >= 11 is 0. The van der Waals surface area contributed by atoms with Gasteiger partial charge in [0.1, 0.15) is 16.9 Å². The smallest absolute Gasteiger partial charge is 0.350 e. The van der Waals surface area contributed by atoms with Gasteiger partial charge in [0.05, 0.1) is 27.3 Å². The van der Waals surface area contributed by atoms with Crippen molar-refractivity contribution in [2.75, 3.05) is 18.0 Å². The van der Waals surface area contributed by atoms with Gasteiger partial charge in [-0.3, -0.25) is 24.5 Å². The number of fused-ring (bicyclic) bond motifs is 1. The fourth-order valence-corrected chi connectivity index (χ4v) is 5.22. The predicted molar refractivity (Wildman–Crippen MR) is 156 cm³/mol. The molecule has 0 radical (unpaired) electrons. The molecule has 1 aliphatic heterocycles. The SMILES string of the molecule is CC1(C)C(=O)N(c2ccc([N+](=O)[O-])c(C(F)(F)F)c2)C(=O)N1CCNC(=O)c1cc(Cc2n[nH]c(=O)c3ccccc23)ccc1F. The van der Waals surface area contributed by atoms with Crippen molar-refractivity contribution in [2.45, 2.75) is 32.0 Å². The number of H-pyrrole nitrogens is 1. The maximum atomic E-state index is 14.7. The summed E-state index contributed by atoms with van der Waals surface area (Å²) < 4.78 is 55.3. The zero-order valence-electron chi connectivity index (χ0n) is 24.1. The van der Waals surface area contributed by atoms with E-state index >= 15 is 0 Å². The molecule has 1 aromatic heterocycles. The summed E-state index contributed by atoms with van der Waals surface area (Å²) in [6.07, 6.45) is -4.98. The van der Waals surface area contributed by atoms with E-state index in [0.717, 1.165) is 17.0 Å². The number of imide groups is 1. The Morgan fingerprint density at radius 1 is 1.04 bits per heavy atom. The van der Waals surface area contributed by atoms with Gasteiger partial charge in [-0.15, -0.1) is 0 Å². The van der Waals surface area contributed by atoms with Gasteiger partial charge in [-0.05, 0) is 49.7 Å². The first kappa shape index (κ1) is 31.7. The fraction of sp³-hybridized carbons (Fsp3) is 0.233. The zero-order chi connectivity index (χ0) is 33.6. The minimum absolute atomic E-state index is 0.158. The second kappa shape index (κ2) is 11.7. The van der Waals surface area contributed by atoms with E-state index in [2.05, 4.69) is 15.5 Å². The van der Waals surface area contributed by atoms with Crippen LogP contribution in [0.3, 0.4) is 0 Å². The molecular formula is C30H24F4N6O6. The second-order valence-electron chi connectivity index (χ2n) is 10.9. The number of nitro groups is 1. The number of hydrogen-bond donors (Lipinski definition) is 2. The minimum Gasteiger partial charge on any atom is -0.350 e. The number of aromatic nitrogens is 2. The van der Waals surface area contributed by atoms with Crippen LogP contribution in [0.5, 0.6) is 0 Å². The number of carbonyl (C=O) groups excluding carboxylic acids is 3. The van der Waals surface area contributed by atoms with Crippen LogP contribution in [0.2, 0.25) is 0 Å². The van der Waals surface area contributed by atoms with Crippen LogP contribution in [-0.2, 0) is 17.4 Å². The molecule has 0 unspecified atom stereocenters. The van der Waals surface area contributed by atoms with Crippen LogP contribution in [0.4, 0.5) is 33.7 Å². The summed E-state index contributed by atoms with van der Waals surface area (Å²) in [6, 6.07) is 11.4. The maximum Gasteiger partial charge on any atom is 0.423 e.